The third kappa shape index (κ3) is 11.7. The van der Waals surface area contributed by atoms with Gasteiger partial charge in [-0.2, -0.15) is 0 Å². The van der Waals surface area contributed by atoms with Gasteiger partial charge < -0.3 is 29.2 Å². The van der Waals surface area contributed by atoms with Crippen molar-refractivity contribution >= 4 is 6.29 Å². The molecule has 1 fully saturated rings. The molecule has 3 rings (SSSR count). The normalized spacial score (nSPS) is 12.8. The molecule has 2 aromatic carbocycles. The van der Waals surface area contributed by atoms with Gasteiger partial charge in [-0.05, 0) is 24.3 Å². The molecule has 0 atom stereocenters. The van der Waals surface area contributed by atoms with Crippen molar-refractivity contribution in [1.29, 1.82) is 0 Å². The van der Waals surface area contributed by atoms with Gasteiger partial charge >= 0.3 is 0 Å². The van der Waals surface area contributed by atoms with Crippen LogP contribution in [0.1, 0.15) is 0 Å². The van der Waals surface area contributed by atoms with E-state index < -0.39 is 0 Å². The van der Waals surface area contributed by atoms with Crippen molar-refractivity contribution < 1.29 is 34.0 Å². The molecule has 1 aliphatic heterocycles. The molecule has 0 radical (unpaired) electrons. The molecular weight excluding hydrogens is 352 g/mol. The van der Waals surface area contributed by atoms with E-state index in [-0.39, 0.29) is 26.1 Å². The van der Waals surface area contributed by atoms with Crippen LogP contribution in [0.5, 0.6) is 11.5 Å². The molecule has 1 heterocycles. The first-order chi connectivity index (χ1) is 13.3. The topological polar surface area (TPSA) is 94.5 Å². The summed E-state index contributed by atoms with van der Waals surface area (Å²) in [6, 6.07) is 18.9. The summed E-state index contributed by atoms with van der Waals surface area (Å²) in [5.41, 5.74) is 0. The van der Waals surface area contributed by atoms with Gasteiger partial charge in [0, 0.05) is 0 Å². The largest absolute Gasteiger partial charge is 0.488 e. The number of aldehydes is 1. The highest BCUT2D eigenvalue weighted by Gasteiger charge is 2.15. The second-order valence-electron chi connectivity index (χ2n) is 5.03. The molecule has 0 unspecified atom stereocenters. The second kappa shape index (κ2) is 15.8. The molecule has 2 N–H and O–H groups in total. The van der Waals surface area contributed by atoms with E-state index in [4.69, 9.17) is 29.2 Å². The van der Waals surface area contributed by atoms with E-state index in [1.165, 1.54) is 0 Å². The molecule has 27 heavy (non-hydrogen) atoms. The molecule has 0 saturated carbocycles. The van der Waals surface area contributed by atoms with Crippen molar-refractivity contribution in [1.82, 2.24) is 0 Å². The van der Waals surface area contributed by atoms with Gasteiger partial charge in [0.1, 0.15) is 24.7 Å². The minimum Gasteiger partial charge on any atom is -0.488 e. The summed E-state index contributed by atoms with van der Waals surface area (Å²) in [4.78, 5) is 9.85. The molecule has 1 aliphatic rings. The smallest absolute Gasteiger partial charge is 0.191 e. The Morgan fingerprint density at radius 1 is 0.852 bits per heavy atom. The minimum absolute atomic E-state index is 0.125. The summed E-state index contributed by atoms with van der Waals surface area (Å²) in [5.74, 6) is 1.58. The number of aliphatic hydroxyl groups excluding tert-OH is 2. The number of hydrogen-bond donors (Lipinski definition) is 2. The standard InChI is InChI=1S/C10H12O3.C8H8O2.C2H6O2/c1-2-4-9(5-3-1)13-8-10-11-6-7-12-10;9-6-7-10-8-4-2-1-3-5-8;3-1-2-4/h1-5,10H,6-8H2;1-6H,7H2;3-4H,1-2H2. The van der Waals surface area contributed by atoms with Crippen molar-refractivity contribution in [3.63, 3.8) is 0 Å². The zero-order valence-corrected chi connectivity index (χ0v) is 15.1. The van der Waals surface area contributed by atoms with Crippen LogP contribution in [-0.4, -0.2) is 62.4 Å². The highest BCUT2D eigenvalue weighted by Crippen LogP contribution is 2.11. The van der Waals surface area contributed by atoms with Gasteiger partial charge in [-0.3, -0.25) is 4.79 Å². The Morgan fingerprint density at radius 3 is 1.78 bits per heavy atom. The van der Waals surface area contributed by atoms with Gasteiger partial charge in [0.25, 0.3) is 0 Å². The van der Waals surface area contributed by atoms with Crippen LogP contribution in [0.3, 0.4) is 0 Å². The Labute approximate surface area is 159 Å². The molecule has 0 amide bonds. The van der Waals surface area contributed by atoms with Crippen LogP contribution in [0.25, 0.3) is 0 Å². The van der Waals surface area contributed by atoms with Crippen LogP contribution in [0, 0.1) is 0 Å². The van der Waals surface area contributed by atoms with Crippen LogP contribution >= 0.6 is 0 Å². The SMILES string of the molecule is O=CCOc1ccccc1.OCCO.c1ccc(OCC2OCCO2)cc1. The Morgan fingerprint density at radius 2 is 1.33 bits per heavy atom. The average Bonchev–Trinajstić information content (AvgIpc) is 3.27. The predicted molar refractivity (Wildman–Crippen MR) is 99.8 cm³/mol. The minimum atomic E-state index is -0.194. The third-order valence-corrected chi connectivity index (χ3v) is 2.98. The zero-order valence-electron chi connectivity index (χ0n) is 15.1. The predicted octanol–water partition coefficient (Wildman–Crippen LogP) is 1.67. The molecule has 1 saturated heterocycles. The monoisotopic (exact) mass is 378 g/mol. The van der Waals surface area contributed by atoms with Crippen LogP contribution in [0.2, 0.25) is 0 Å². The Hall–Kier alpha value is -2.45. The van der Waals surface area contributed by atoms with Crippen molar-refractivity contribution in [2.45, 2.75) is 6.29 Å². The van der Waals surface area contributed by atoms with Crippen LogP contribution < -0.4 is 9.47 Å². The molecule has 2 aromatic rings. The van der Waals surface area contributed by atoms with Gasteiger partial charge in [-0.15, -0.1) is 0 Å². The van der Waals surface area contributed by atoms with E-state index >= 15 is 0 Å². The fraction of sp³-hybridized carbons (Fsp3) is 0.350. The van der Waals surface area contributed by atoms with E-state index in [0.29, 0.717) is 19.8 Å². The maximum absolute atomic E-state index is 9.85. The summed E-state index contributed by atoms with van der Waals surface area (Å²) in [6.07, 6.45) is 0.535. The number of ether oxygens (including phenoxy) is 4. The second-order valence-corrected chi connectivity index (χ2v) is 5.03. The first-order valence-electron chi connectivity index (χ1n) is 8.54. The maximum Gasteiger partial charge on any atom is 0.191 e. The number of carbonyl (C=O) groups is 1. The van der Waals surface area contributed by atoms with Gasteiger partial charge in [-0.1, -0.05) is 36.4 Å². The lowest BCUT2D eigenvalue weighted by Crippen LogP contribution is -2.18. The number of aliphatic hydroxyl groups is 2. The van der Waals surface area contributed by atoms with Crippen LogP contribution in [-0.2, 0) is 14.3 Å². The van der Waals surface area contributed by atoms with Gasteiger partial charge in [-0.25, -0.2) is 0 Å². The summed E-state index contributed by atoms with van der Waals surface area (Å²) < 4.78 is 20.9. The number of rotatable bonds is 7. The number of para-hydroxylation sites is 2. The third-order valence-electron chi connectivity index (χ3n) is 2.98. The molecule has 7 nitrogen and oxygen atoms in total. The van der Waals surface area contributed by atoms with Crippen LogP contribution in [0.4, 0.5) is 0 Å². The van der Waals surface area contributed by atoms with E-state index in [1.807, 2.05) is 60.7 Å². The Kier molecular flexibility index (Phi) is 13.2. The summed E-state index contributed by atoms with van der Waals surface area (Å²) >= 11 is 0. The molecule has 0 bridgehead atoms. The molecule has 7 heteroatoms. The Bertz CT molecular complexity index is 569. The average molecular weight is 378 g/mol. The lowest BCUT2D eigenvalue weighted by Gasteiger charge is -2.10. The summed E-state index contributed by atoms with van der Waals surface area (Å²) in [7, 11) is 0. The molecule has 148 valence electrons. The van der Waals surface area contributed by atoms with Gasteiger partial charge in [0.05, 0.1) is 26.4 Å². The van der Waals surface area contributed by atoms with E-state index in [9.17, 15) is 4.79 Å². The van der Waals surface area contributed by atoms with Crippen molar-refractivity contribution in [3.8, 4) is 11.5 Å². The van der Waals surface area contributed by atoms with E-state index in [2.05, 4.69) is 0 Å². The lowest BCUT2D eigenvalue weighted by atomic mass is 10.3. The van der Waals surface area contributed by atoms with Gasteiger partial charge in [0.15, 0.2) is 12.6 Å². The highest BCUT2D eigenvalue weighted by molar-refractivity contribution is 5.51. The summed E-state index contributed by atoms with van der Waals surface area (Å²) in [6.45, 7) is 1.68. The lowest BCUT2D eigenvalue weighted by molar-refractivity contribution is -0.109. The first-order valence-corrected chi connectivity index (χ1v) is 8.54. The highest BCUT2D eigenvalue weighted by atomic mass is 16.7. The first kappa shape index (κ1) is 22.6. The maximum atomic E-state index is 9.85. The van der Waals surface area contributed by atoms with Gasteiger partial charge in [0.2, 0.25) is 0 Å². The quantitative estimate of drug-likeness (QED) is 0.708. The van der Waals surface area contributed by atoms with Crippen molar-refractivity contribution in [2.75, 3.05) is 39.6 Å². The van der Waals surface area contributed by atoms with Crippen molar-refractivity contribution in [3.05, 3.63) is 60.7 Å². The fourth-order valence-corrected chi connectivity index (χ4v) is 1.83. The van der Waals surface area contributed by atoms with Crippen molar-refractivity contribution in [2.24, 2.45) is 0 Å². The molecule has 0 aliphatic carbocycles. The Balaban J connectivity index is 0.000000232. The number of carbonyl (C=O) groups excluding carboxylic acids is 1. The van der Waals surface area contributed by atoms with Crippen LogP contribution in [0.15, 0.2) is 60.7 Å². The molecular formula is C20H26O7. The fourth-order valence-electron chi connectivity index (χ4n) is 1.83. The van der Waals surface area contributed by atoms with E-state index in [0.717, 1.165) is 17.8 Å². The number of hydrogen-bond acceptors (Lipinski definition) is 7. The number of benzene rings is 2. The zero-order chi connectivity index (χ0) is 19.6. The molecule has 0 spiro atoms. The van der Waals surface area contributed by atoms with E-state index in [1.54, 1.807) is 0 Å². The summed E-state index contributed by atoms with van der Waals surface area (Å²) in [5, 5.41) is 15.2. The molecule has 0 aromatic heterocycles.